The first-order valence-corrected chi connectivity index (χ1v) is 6.02. The van der Waals surface area contributed by atoms with Gasteiger partial charge in [-0.2, -0.15) is 18.4 Å². The van der Waals surface area contributed by atoms with Crippen molar-refractivity contribution in [1.82, 2.24) is 4.98 Å². The number of aliphatic hydroxyl groups is 1. The Kier molecular flexibility index (Phi) is 4.99. The average Bonchev–Trinajstić information content (AvgIpc) is 2.28. The maximum Gasteiger partial charge on any atom is 0.433 e. The summed E-state index contributed by atoms with van der Waals surface area (Å²) in [5, 5.41) is 17.5. The van der Waals surface area contributed by atoms with E-state index in [9.17, 15) is 13.2 Å². The molecule has 0 amide bonds. The molecule has 1 aromatic rings. The molecule has 3 nitrogen and oxygen atoms in total. The third-order valence-corrected chi connectivity index (χ3v) is 3.29. The molecule has 0 radical (unpaired) electrons. The summed E-state index contributed by atoms with van der Waals surface area (Å²) in [7, 11) is 0. The van der Waals surface area contributed by atoms with Gasteiger partial charge in [0.2, 0.25) is 0 Å². The molecule has 1 unspecified atom stereocenters. The highest BCUT2D eigenvalue weighted by Gasteiger charge is 2.33. The minimum absolute atomic E-state index is 0.0493. The normalized spacial score (nSPS) is 13.1. The zero-order chi connectivity index (χ0) is 13.8. The number of aliphatic hydroxyl groups excluding tert-OH is 1. The maximum absolute atomic E-state index is 12.5. The van der Waals surface area contributed by atoms with Gasteiger partial charge in [0.1, 0.15) is 16.8 Å². The Morgan fingerprint density at radius 2 is 2.17 bits per heavy atom. The molecule has 1 atom stereocenters. The first-order valence-electron chi connectivity index (χ1n) is 5.14. The number of nitriles is 1. The second-order valence-electron chi connectivity index (χ2n) is 3.60. The van der Waals surface area contributed by atoms with E-state index in [1.165, 1.54) is 0 Å². The van der Waals surface area contributed by atoms with Gasteiger partial charge in [-0.1, -0.05) is 6.92 Å². The molecule has 18 heavy (non-hydrogen) atoms. The molecule has 0 aliphatic heterocycles. The third kappa shape index (κ3) is 3.89. The molecule has 0 aromatic carbocycles. The summed E-state index contributed by atoms with van der Waals surface area (Å²) in [6, 6.07) is 3.71. The summed E-state index contributed by atoms with van der Waals surface area (Å²) in [5.74, 6) is 0. The molecule has 0 aliphatic rings. The summed E-state index contributed by atoms with van der Waals surface area (Å²) in [6.07, 6.45) is -4.10. The highest BCUT2D eigenvalue weighted by molar-refractivity contribution is 7.99. The van der Waals surface area contributed by atoms with Crippen LogP contribution in [-0.4, -0.2) is 21.9 Å². The summed E-state index contributed by atoms with van der Waals surface area (Å²) in [6.45, 7) is 1.69. The van der Waals surface area contributed by atoms with Crippen molar-refractivity contribution < 1.29 is 18.3 Å². The number of pyridine rings is 1. The number of thioether (sulfide) groups is 1. The fourth-order valence-corrected chi connectivity index (χ4v) is 2.20. The van der Waals surface area contributed by atoms with Gasteiger partial charge in [0.05, 0.1) is 5.56 Å². The molecule has 0 spiro atoms. The van der Waals surface area contributed by atoms with Crippen LogP contribution in [0.3, 0.4) is 0 Å². The predicted octanol–water partition coefficient (Wildman–Crippen LogP) is 2.84. The highest BCUT2D eigenvalue weighted by atomic mass is 32.2. The van der Waals surface area contributed by atoms with Gasteiger partial charge in [-0.3, -0.25) is 0 Å². The molecule has 1 rings (SSSR count). The zero-order valence-corrected chi connectivity index (χ0v) is 10.3. The number of hydrogen-bond acceptors (Lipinski definition) is 4. The van der Waals surface area contributed by atoms with Crippen LogP contribution < -0.4 is 0 Å². The van der Waals surface area contributed by atoms with Gasteiger partial charge in [0.15, 0.2) is 0 Å². The van der Waals surface area contributed by atoms with Crippen molar-refractivity contribution in [3.8, 4) is 6.07 Å². The lowest BCUT2D eigenvalue weighted by Crippen LogP contribution is -2.10. The number of rotatable bonds is 4. The van der Waals surface area contributed by atoms with E-state index < -0.39 is 11.9 Å². The number of alkyl halides is 3. The second-order valence-corrected chi connectivity index (χ2v) is 5.03. The zero-order valence-electron chi connectivity index (χ0n) is 9.53. The van der Waals surface area contributed by atoms with Crippen LogP contribution >= 0.6 is 11.8 Å². The van der Waals surface area contributed by atoms with Gasteiger partial charge in [-0.25, -0.2) is 4.98 Å². The topological polar surface area (TPSA) is 56.9 Å². The standard InChI is InChI=1S/C11H11F3N2OS/c1-7(4-5-17)18-10-8(6-15)2-3-9(16-10)11(12,13)14/h2-3,7,17H,4-5H2,1H3. The quantitative estimate of drug-likeness (QED) is 0.859. The van der Waals surface area contributed by atoms with Crippen molar-refractivity contribution in [2.24, 2.45) is 0 Å². The Morgan fingerprint density at radius 1 is 1.50 bits per heavy atom. The van der Waals surface area contributed by atoms with Crippen LogP contribution in [0.15, 0.2) is 17.2 Å². The Labute approximate surface area is 107 Å². The highest BCUT2D eigenvalue weighted by Crippen LogP contribution is 2.32. The van der Waals surface area contributed by atoms with Crippen molar-refractivity contribution >= 4 is 11.8 Å². The van der Waals surface area contributed by atoms with Crippen LogP contribution in [0.5, 0.6) is 0 Å². The van der Waals surface area contributed by atoms with Crippen LogP contribution in [0, 0.1) is 11.3 Å². The number of halogens is 3. The van der Waals surface area contributed by atoms with Crippen LogP contribution in [-0.2, 0) is 6.18 Å². The summed E-state index contributed by atoms with van der Waals surface area (Å²) in [5.41, 5.74) is -0.905. The average molecular weight is 276 g/mol. The van der Waals surface area contributed by atoms with Crippen molar-refractivity contribution in [3.63, 3.8) is 0 Å². The largest absolute Gasteiger partial charge is 0.433 e. The minimum atomic E-state index is -4.52. The SMILES string of the molecule is CC(CCO)Sc1nc(C(F)(F)F)ccc1C#N. The smallest absolute Gasteiger partial charge is 0.396 e. The first kappa shape index (κ1) is 14.8. The first-order chi connectivity index (χ1) is 8.38. The molecular formula is C11H11F3N2OS. The summed E-state index contributed by atoms with van der Waals surface area (Å²) >= 11 is 1.06. The molecule has 0 aliphatic carbocycles. The predicted molar refractivity (Wildman–Crippen MR) is 61.0 cm³/mol. The summed E-state index contributed by atoms with van der Waals surface area (Å²) in [4.78, 5) is 3.47. The Bertz CT molecular complexity index is 457. The van der Waals surface area contributed by atoms with Gasteiger partial charge in [-0.05, 0) is 18.6 Å². The fourth-order valence-electron chi connectivity index (χ4n) is 1.20. The van der Waals surface area contributed by atoms with Crippen LogP contribution in [0.1, 0.15) is 24.6 Å². The van der Waals surface area contributed by atoms with Gasteiger partial charge < -0.3 is 5.11 Å². The molecule has 0 bridgehead atoms. The number of hydrogen-bond donors (Lipinski definition) is 1. The lowest BCUT2D eigenvalue weighted by Gasteiger charge is -2.12. The lowest BCUT2D eigenvalue weighted by atomic mass is 10.2. The molecule has 0 saturated carbocycles. The van der Waals surface area contributed by atoms with E-state index in [4.69, 9.17) is 10.4 Å². The second kappa shape index (κ2) is 6.07. The minimum Gasteiger partial charge on any atom is -0.396 e. The van der Waals surface area contributed by atoms with Crippen molar-refractivity contribution in [1.29, 1.82) is 5.26 Å². The van der Waals surface area contributed by atoms with Gasteiger partial charge in [-0.15, -0.1) is 11.8 Å². The summed E-state index contributed by atoms with van der Waals surface area (Å²) < 4.78 is 37.5. The lowest BCUT2D eigenvalue weighted by molar-refractivity contribution is -0.141. The van der Waals surface area contributed by atoms with Gasteiger partial charge in [0.25, 0.3) is 0 Å². The van der Waals surface area contributed by atoms with Crippen LogP contribution in [0.4, 0.5) is 13.2 Å². The van der Waals surface area contributed by atoms with E-state index in [0.29, 0.717) is 6.42 Å². The van der Waals surface area contributed by atoms with Crippen molar-refractivity contribution in [3.05, 3.63) is 23.4 Å². The van der Waals surface area contributed by atoms with Crippen LogP contribution in [0.25, 0.3) is 0 Å². The van der Waals surface area contributed by atoms with Crippen molar-refractivity contribution in [2.75, 3.05) is 6.61 Å². The van der Waals surface area contributed by atoms with E-state index in [-0.39, 0.29) is 22.4 Å². The van der Waals surface area contributed by atoms with Crippen LogP contribution in [0.2, 0.25) is 0 Å². The van der Waals surface area contributed by atoms with E-state index in [2.05, 4.69) is 4.98 Å². The molecule has 98 valence electrons. The fraction of sp³-hybridized carbons (Fsp3) is 0.455. The van der Waals surface area contributed by atoms with E-state index in [1.807, 2.05) is 6.07 Å². The molecule has 0 fully saturated rings. The molecular weight excluding hydrogens is 265 g/mol. The van der Waals surface area contributed by atoms with Crippen molar-refractivity contribution in [2.45, 2.75) is 29.8 Å². The monoisotopic (exact) mass is 276 g/mol. The van der Waals surface area contributed by atoms with E-state index in [1.54, 1.807) is 6.92 Å². The molecule has 7 heteroatoms. The molecule has 1 N–H and O–H groups in total. The Hall–Kier alpha value is -1.26. The van der Waals surface area contributed by atoms with Gasteiger partial charge >= 0.3 is 6.18 Å². The van der Waals surface area contributed by atoms with E-state index in [0.717, 1.165) is 23.9 Å². The number of aromatic nitrogens is 1. The third-order valence-electron chi connectivity index (χ3n) is 2.12. The molecule has 1 heterocycles. The number of nitrogens with zero attached hydrogens (tertiary/aromatic N) is 2. The molecule has 0 saturated heterocycles. The Balaban J connectivity index is 3.04. The Morgan fingerprint density at radius 3 is 2.67 bits per heavy atom. The maximum atomic E-state index is 12.5. The van der Waals surface area contributed by atoms with E-state index >= 15 is 0 Å². The molecule has 1 aromatic heterocycles. The van der Waals surface area contributed by atoms with Gasteiger partial charge in [0, 0.05) is 11.9 Å².